The molecular formula is C21H42IN5. The number of aliphatic imine (C=N–C) groups is 1. The normalized spacial score (nSPS) is 20.1. The molecule has 0 aromatic heterocycles. The lowest BCUT2D eigenvalue weighted by molar-refractivity contribution is 0.221. The van der Waals surface area contributed by atoms with Crippen LogP contribution < -0.4 is 10.6 Å². The molecule has 2 saturated heterocycles. The maximum atomic E-state index is 4.40. The van der Waals surface area contributed by atoms with E-state index in [1.54, 1.807) is 0 Å². The molecule has 0 aromatic carbocycles. The van der Waals surface area contributed by atoms with Gasteiger partial charge in [0.05, 0.1) is 0 Å². The Morgan fingerprint density at radius 3 is 2.33 bits per heavy atom. The molecule has 0 spiro atoms. The first-order chi connectivity index (χ1) is 12.7. The molecule has 2 aliphatic heterocycles. The quantitative estimate of drug-likeness (QED) is 0.171. The lowest BCUT2D eigenvalue weighted by Crippen LogP contribution is -2.49. The predicted molar refractivity (Wildman–Crippen MR) is 128 cm³/mol. The van der Waals surface area contributed by atoms with Gasteiger partial charge in [-0.1, -0.05) is 25.0 Å². The lowest BCUT2D eigenvalue weighted by Gasteiger charge is -2.33. The molecule has 27 heavy (non-hydrogen) atoms. The number of likely N-dealkylation sites (tertiary alicyclic amines) is 2. The smallest absolute Gasteiger partial charge is 0.191 e. The standard InChI is InChI=1S/C21H41N5.HI/c1-19(2)18-26-16-10-20(11-17-26)24-21(22-3)23-12-6-4-7-13-25-14-8-5-9-15-25;/h20H,1,4-18H2,2-3H3,(H2,22,23,24);1H. The molecular weight excluding hydrogens is 449 g/mol. The number of piperidine rings is 2. The van der Waals surface area contributed by atoms with Gasteiger partial charge in [0.2, 0.25) is 0 Å². The molecule has 2 N–H and O–H groups in total. The first-order valence-corrected chi connectivity index (χ1v) is 10.7. The Bertz CT molecular complexity index is 426. The van der Waals surface area contributed by atoms with Gasteiger partial charge in [-0.2, -0.15) is 0 Å². The Kier molecular flexibility index (Phi) is 13.4. The van der Waals surface area contributed by atoms with E-state index >= 15 is 0 Å². The van der Waals surface area contributed by atoms with Crippen LogP contribution in [0.3, 0.4) is 0 Å². The van der Waals surface area contributed by atoms with Crippen LogP contribution in [0.25, 0.3) is 0 Å². The van der Waals surface area contributed by atoms with Crippen LogP contribution in [0.2, 0.25) is 0 Å². The van der Waals surface area contributed by atoms with E-state index in [4.69, 9.17) is 0 Å². The summed E-state index contributed by atoms with van der Waals surface area (Å²) in [6.45, 7) is 14.4. The number of halogens is 1. The fourth-order valence-corrected chi connectivity index (χ4v) is 4.03. The molecule has 0 aromatic rings. The van der Waals surface area contributed by atoms with Gasteiger partial charge in [-0.05, 0) is 65.1 Å². The topological polar surface area (TPSA) is 42.9 Å². The summed E-state index contributed by atoms with van der Waals surface area (Å²) in [7, 11) is 1.88. The van der Waals surface area contributed by atoms with Gasteiger partial charge in [-0.15, -0.1) is 24.0 Å². The third-order valence-corrected chi connectivity index (χ3v) is 5.54. The minimum atomic E-state index is 0. The second-order valence-electron chi connectivity index (χ2n) is 8.11. The summed E-state index contributed by atoms with van der Waals surface area (Å²) in [6, 6.07) is 0.543. The van der Waals surface area contributed by atoms with Crippen molar-refractivity contribution in [3.63, 3.8) is 0 Å². The van der Waals surface area contributed by atoms with Crippen LogP contribution in [0.1, 0.15) is 58.3 Å². The summed E-state index contributed by atoms with van der Waals surface area (Å²) >= 11 is 0. The van der Waals surface area contributed by atoms with Gasteiger partial charge >= 0.3 is 0 Å². The van der Waals surface area contributed by atoms with E-state index < -0.39 is 0 Å². The van der Waals surface area contributed by atoms with Crippen molar-refractivity contribution in [1.29, 1.82) is 0 Å². The second-order valence-corrected chi connectivity index (χ2v) is 8.11. The SMILES string of the molecule is C=C(C)CN1CCC(NC(=NC)NCCCCCN2CCCCC2)CC1.I. The minimum Gasteiger partial charge on any atom is -0.356 e. The zero-order valence-electron chi connectivity index (χ0n) is 17.6. The van der Waals surface area contributed by atoms with Crippen molar-refractivity contribution in [3.05, 3.63) is 12.2 Å². The first-order valence-electron chi connectivity index (χ1n) is 10.7. The molecule has 6 heteroatoms. The maximum absolute atomic E-state index is 4.40. The Balaban J connectivity index is 0.00000364. The van der Waals surface area contributed by atoms with E-state index in [0.29, 0.717) is 6.04 Å². The largest absolute Gasteiger partial charge is 0.356 e. The minimum absolute atomic E-state index is 0. The van der Waals surface area contributed by atoms with E-state index in [-0.39, 0.29) is 24.0 Å². The van der Waals surface area contributed by atoms with E-state index in [2.05, 4.69) is 38.9 Å². The Morgan fingerprint density at radius 1 is 1.00 bits per heavy atom. The lowest BCUT2D eigenvalue weighted by atomic mass is 10.0. The van der Waals surface area contributed by atoms with E-state index in [9.17, 15) is 0 Å². The number of hydrogen-bond donors (Lipinski definition) is 2. The molecule has 0 aliphatic carbocycles. The highest BCUT2D eigenvalue weighted by molar-refractivity contribution is 14.0. The average molecular weight is 492 g/mol. The van der Waals surface area contributed by atoms with E-state index in [0.717, 1.165) is 32.1 Å². The first kappa shape index (κ1) is 24.7. The van der Waals surface area contributed by atoms with Crippen LogP contribution in [0.15, 0.2) is 17.1 Å². The third kappa shape index (κ3) is 10.7. The van der Waals surface area contributed by atoms with Gasteiger partial charge in [-0.25, -0.2) is 0 Å². The number of rotatable bonds is 9. The Hall–Kier alpha value is -0.340. The summed E-state index contributed by atoms with van der Waals surface area (Å²) in [5.41, 5.74) is 1.26. The van der Waals surface area contributed by atoms with Crippen LogP contribution in [0.4, 0.5) is 0 Å². The molecule has 2 heterocycles. The van der Waals surface area contributed by atoms with Gasteiger partial charge in [0.1, 0.15) is 0 Å². The van der Waals surface area contributed by atoms with E-state index in [1.807, 2.05) is 7.05 Å². The molecule has 0 radical (unpaired) electrons. The fourth-order valence-electron chi connectivity index (χ4n) is 4.03. The van der Waals surface area contributed by atoms with Gasteiger partial charge in [-0.3, -0.25) is 9.89 Å². The van der Waals surface area contributed by atoms with Gasteiger partial charge in [0.15, 0.2) is 5.96 Å². The molecule has 2 rings (SSSR count). The van der Waals surface area contributed by atoms with Crippen LogP contribution in [0.5, 0.6) is 0 Å². The number of nitrogens with one attached hydrogen (secondary N) is 2. The van der Waals surface area contributed by atoms with Crippen LogP contribution >= 0.6 is 24.0 Å². The second kappa shape index (κ2) is 14.6. The summed E-state index contributed by atoms with van der Waals surface area (Å²) in [5, 5.41) is 7.10. The zero-order valence-corrected chi connectivity index (χ0v) is 20.0. The summed E-state index contributed by atoms with van der Waals surface area (Å²) in [4.78, 5) is 9.53. The Morgan fingerprint density at radius 2 is 1.70 bits per heavy atom. The zero-order chi connectivity index (χ0) is 18.6. The molecule has 0 atom stereocenters. The average Bonchev–Trinajstić information content (AvgIpc) is 2.65. The highest BCUT2D eigenvalue weighted by atomic mass is 127. The van der Waals surface area contributed by atoms with Gasteiger partial charge in [0, 0.05) is 39.3 Å². The fraction of sp³-hybridized carbons (Fsp3) is 0.857. The maximum Gasteiger partial charge on any atom is 0.191 e. The molecule has 0 amide bonds. The number of nitrogens with zero attached hydrogens (tertiary/aromatic N) is 3. The monoisotopic (exact) mass is 491 g/mol. The predicted octanol–water partition coefficient (Wildman–Crippen LogP) is 3.47. The van der Waals surface area contributed by atoms with Crippen LogP contribution in [0, 0.1) is 0 Å². The van der Waals surface area contributed by atoms with Crippen molar-refractivity contribution in [2.45, 2.75) is 64.3 Å². The molecule has 0 saturated carbocycles. The number of unbranched alkanes of at least 4 members (excludes halogenated alkanes) is 2. The third-order valence-electron chi connectivity index (χ3n) is 5.54. The van der Waals surface area contributed by atoms with Crippen molar-refractivity contribution in [3.8, 4) is 0 Å². The Labute approximate surface area is 184 Å². The molecule has 2 aliphatic rings. The molecule has 158 valence electrons. The molecule has 5 nitrogen and oxygen atoms in total. The van der Waals surface area contributed by atoms with Crippen molar-refractivity contribution in [1.82, 2.24) is 20.4 Å². The molecule has 0 unspecified atom stereocenters. The number of guanidine groups is 1. The number of hydrogen-bond acceptors (Lipinski definition) is 3. The van der Waals surface area contributed by atoms with Crippen LogP contribution in [-0.2, 0) is 0 Å². The molecule has 0 bridgehead atoms. The van der Waals surface area contributed by atoms with Gasteiger partial charge in [0.25, 0.3) is 0 Å². The van der Waals surface area contributed by atoms with E-state index in [1.165, 1.54) is 76.6 Å². The molecule has 2 fully saturated rings. The van der Waals surface area contributed by atoms with Crippen molar-refractivity contribution in [2.24, 2.45) is 4.99 Å². The van der Waals surface area contributed by atoms with Crippen molar-refractivity contribution < 1.29 is 0 Å². The summed E-state index contributed by atoms with van der Waals surface area (Å²) < 4.78 is 0. The summed E-state index contributed by atoms with van der Waals surface area (Å²) in [5.74, 6) is 0.972. The van der Waals surface area contributed by atoms with Crippen LogP contribution in [-0.4, -0.2) is 74.7 Å². The van der Waals surface area contributed by atoms with Crippen molar-refractivity contribution >= 4 is 29.9 Å². The summed E-state index contributed by atoms with van der Waals surface area (Å²) in [6.07, 6.45) is 10.5. The highest BCUT2D eigenvalue weighted by Gasteiger charge is 2.19. The van der Waals surface area contributed by atoms with Gasteiger partial charge < -0.3 is 15.5 Å². The highest BCUT2D eigenvalue weighted by Crippen LogP contribution is 2.12. The van der Waals surface area contributed by atoms with Crippen molar-refractivity contribution in [2.75, 3.05) is 52.9 Å².